The molecule has 2 aromatic carbocycles. The summed E-state index contributed by atoms with van der Waals surface area (Å²) in [5.74, 6) is 2.64. The molecule has 0 saturated carbocycles. The van der Waals surface area contributed by atoms with Crippen LogP contribution in [0.2, 0.25) is 37.8 Å². The van der Waals surface area contributed by atoms with Gasteiger partial charge in [0, 0.05) is 15.3 Å². The highest BCUT2D eigenvalue weighted by Crippen LogP contribution is 2.36. The molecule has 8 heteroatoms. The Hall–Kier alpha value is -1.63. The molecule has 0 N–H and O–H groups in total. The molecule has 186 valence electrons. The maximum atomic E-state index is 6.17. The van der Waals surface area contributed by atoms with E-state index in [1.165, 1.54) is 0 Å². The standard InChI is InChI=1S/C26H38INO4Si2/c1-20(32-33(5,6)7)28-19-21-18-22(27)10-15-25(21)31-24-13-11-23(12-14-24)29-16-17-30-34(8,9)26(2,3)4/h10-15,18-19H,1,16-17H2,2-9H3. The van der Waals surface area contributed by atoms with Crippen LogP contribution in [0.25, 0.3) is 0 Å². The molecule has 34 heavy (non-hydrogen) atoms. The Morgan fingerprint density at radius 1 is 0.971 bits per heavy atom. The first-order valence-electron chi connectivity index (χ1n) is 11.4. The number of ether oxygens (including phenoxy) is 2. The molecule has 2 rings (SSSR count). The number of halogens is 1. The summed E-state index contributed by atoms with van der Waals surface area (Å²) < 4.78 is 25.1. The van der Waals surface area contributed by atoms with Crippen molar-refractivity contribution in [3.05, 3.63) is 64.1 Å². The highest BCUT2D eigenvalue weighted by Gasteiger charge is 2.36. The van der Waals surface area contributed by atoms with Crippen molar-refractivity contribution >= 4 is 45.4 Å². The number of hydrogen-bond donors (Lipinski definition) is 0. The van der Waals surface area contributed by atoms with E-state index in [-0.39, 0.29) is 5.04 Å². The number of nitrogens with zero attached hydrogens (tertiary/aromatic N) is 1. The van der Waals surface area contributed by atoms with Gasteiger partial charge < -0.3 is 18.3 Å². The lowest BCUT2D eigenvalue weighted by Crippen LogP contribution is -2.41. The Kier molecular flexibility index (Phi) is 9.99. The van der Waals surface area contributed by atoms with Crippen LogP contribution in [-0.4, -0.2) is 36.1 Å². The lowest BCUT2D eigenvalue weighted by molar-refractivity contribution is 0.203. The highest BCUT2D eigenvalue weighted by atomic mass is 127. The monoisotopic (exact) mass is 611 g/mol. The smallest absolute Gasteiger partial charge is 0.244 e. The maximum Gasteiger partial charge on any atom is 0.244 e. The second-order valence-corrected chi connectivity index (χ2v) is 21.1. The molecule has 0 heterocycles. The quantitative estimate of drug-likeness (QED) is 0.0845. The zero-order valence-electron chi connectivity index (χ0n) is 21.7. The minimum Gasteiger partial charge on any atom is -0.532 e. The Morgan fingerprint density at radius 3 is 2.18 bits per heavy atom. The van der Waals surface area contributed by atoms with Gasteiger partial charge in [0.1, 0.15) is 23.9 Å². The van der Waals surface area contributed by atoms with E-state index in [1.807, 2.05) is 42.5 Å². The molecule has 0 aromatic heterocycles. The minimum absolute atomic E-state index is 0.194. The molecule has 0 aliphatic rings. The zero-order valence-corrected chi connectivity index (χ0v) is 25.9. The summed E-state index contributed by atoms with van der Waals surface area (Å²) in [7, 11) is -3.50. The van der Waals surface area contributed by atoms with Crippen molar-refractivity contribution in [3.8, 4) is 17.2 Å². The Bertz CT molecular complexity index is 993. The summed E-state index contributed by atoms with van der Waals surface area (Å²) in [5.41, 5.74) is 0.857. The molecule has 0 aliphatic carbocycles. The van der Waals surface area contributed by atoms with Gasteiger partial charge in [0.2, 0.25) is 8.32 Å². The van der Waals surface area contributed by atoms with Gasteiger partial charge in [-0.2, -0.15) is 0 Å². The SMILES string of the molecule is C=C(N=Cc1cc(I)ccc1Oc1ccc(OCCO[Si](C)(C)C(C)(C)C)cc1)O[Si](C)(C)C. The summed E-state index contributed by atoms with van der Waals surface area (Å²) in [5, 5.41) is 0.194. The van der Waals surface area contributed by atoms with Crippen molar-refractivity contribution in [3.63, 3.8) is 0 Å². The molecule has 0 saturated heterocycles. The van der Waals surface area contributed by atoms with E-state index in [0.717, 1.165) is 20.6 Å². The van der Waals surface area contributed by atoms with Crippen molar-refractivity contribution in [1.29, 1.82) is 0 Å². The predicted octanol–water partition coefficient (Wildman–Crippen LogP) is 8.23. The van der Waals surface area contributed by atoms with E-state index in [1.54, 1.807) is 6.21 Å². The van der Waals surface area contributed by atoms with Crippen molar-refractivity contribution < 1.29 is 18.3 Å². The number of hydrogen-bond acceptors (Lipinski definition) is 5. The van der Waals surface area contributed by atoms with Gasteiger partial charge in [-0.25, -0.2) is 4.99 Å². The second-order valence-electron chi connectivity index (χ2n) is 10.6. The topological polar surface area (TPSA) is 49.3 Å². The molecule has 0 unspecified atom stereocenters. The zero-order chi connectivity index (χ0) is 25.6. The molecule has 0 fully saturated rings. The highest BCUT2D eigenvalue weighted by molar-refractivity contribution is 14.1. The molecule has 0 atom stereocenters. The van der Waals surface area contributed by atoms with Gasteiger partial charge in [0.25, 0.3) is 0 Å². The summed E-state index contributed by atoms with van der Waals surface area (Å²) in [6, 6.07) is 13.6. The first-order valence-corrected chi connectivity index (χ1v) is 18.8. The molecule has 0 amide bonds. The molecule has 0 spiro atoms. The third-order valence-electron chi connectivity index (χ3n) is 5.42. The van der Waals surface area contributed by atoms with Crippen molar-refractivity contribution in [1.82, 2.24) is 0 Å². The van der Waals surface area contributed by atoms with Crippen LogP contribution < -0.4 is 9.47 Å². The van der Waals surface area contributed by atoms with Gasteiger partial charge in [-0.05, 0) is 109 Å². The summed E-state index contributed by atoms with van der Waals surface area (Å²) >= 11 is 2.27. The largest absolute Gasteiger partial charge is 0.532 e. The minimum atomic E-state index is -1.75. The van der Waals surface area contributed by atoms with Gasteiger partial charge in [0.15, 0.2) is 14.2 Å². The van der Waals surface area contributed by atoms with Crippen molar-refractivity contribution in [2.24, 2.45) is 4.99 Å². The fourth-order valence-electron chi connectivity index (χ4n) is 2.64. The van der Waals surface area contributed by atoms with Gasteiger partial charge in [0.05, 0.1) is 6.61 Å². The maximum absolute atomic E-state index is 6.17. The lowest BCUT2D eigenvalue weighted by Gasteiger charge is -2.36. The van der Waals surface area contributed by atoms with Crippen molar-refractivity contribution in [2.45, 2.75) is 58.5 Å². The molecule has 2 aromatic rings. The van der Waals surface area contributed by atoms with Gasteiger partial charge in [-0.3, -0.25) is 0 Å². The van der Waals surface area contributed by atoms with E-state index >= 15 is 0 Å². The van der Waals surface area contributed by atoms with Crippen LogP contribution in [0.1, 0.15) is 26.3 Å². The first-order chi connectivity index (χ1) is 15.7. The number of benzene rings is 2. The summed E-state index contributed by atoms with van der Waals surface area (Å²) in [4.78, 5) is 4.39. The van der Waals surface area contributed by atoms with E-state index in [9.17, 15) is 0 Å². The van der Waals surface area contributed by atoms with Crippen LogP contribution in [0.15, 0.2) is 59.9 Å². The molecule has 5 nitrogen and oxygen atoms in total. The van der Waals surface area contributed by atoms with Gasteiger partial charge >= 0.3 is 0 Å². The van der Waals surface area contributed by atoms with Crippen LogP contribution >= 0.6 is 22.6 Å². The van der Waals surface area contributed by atoms with E-state index in [4.69, 9.17) is 18.3 Å². The van der Waals surface area contributed by atoms with E-state index in [0.29, 0.717) is 24.8 Å². The van der Waals surface area contributed by atoms with Crippen LogP contribution in [0, 0.1) is 3.57 Å². The van der Waals surface area contributed by atoms with Crippen LogP contribution in [-0.2, 0) is 8.85 Å². The summed E-state index contributed by atoms with van der Waals surface area (Å²) in [6.45, 7) is 22.5. The van der Waals surface area contributed by atoms with Gasteiger partial charge in [-0.1, -0.05) is 20.8 Å². The Morgan fingerprint density at radius 2 is 1.59 bits per heavy atom. The first kappa shape index (κ1) is 28.6. The third-order valence-corrected chi connectivity index (χ3v) is 11.5. The third kappa shape index (κ3) is 9.55. The number of aliphatic imine (C=N–C) groups is 1. The van der Waals surface area contributed by atoms with Crippen molar-refractivity contribution in [2.75, 3.05) is 13.2 Å². The molecule has 0 bridgehead atoms. The number of rotatable bonds is 11. The van der Waals surface area contributed by atoms with Crippen LogP contribution in [0.5, 0.6) is 17.2 Å². The van der Waals surface area contributed by atoms with Crippen LogP contribution in [0.3, 0.4) is 0 Å². The van der Waals surface area contributed by atoms with E-state index < -0.39 is 16.6 Å². The van der Waals surface area contributed by atoms with E-state index in [2.05, 4.69) is 87.7 Å². The fraction of sp³-hybridized carbons (Fsp3) is 0.423. The Labute approximate surface area is 221 Å². The fourth-order valence-corrected chi connectivity index (χ4v) is 4.94. The average molecular weight is 612 g/mol. The van der Waals surface area contributed by atoms with Gasteiger partial charge in [-0.15, -0.1) is 0 Å². The molecular formula is C26H38INO4Si2. The molecule has 0 radical (unpaired) electrons. The Balaban J connectivity index is 1.98. The summed E-state index contributed by atoms with van der Waals surface area (Å²) in [6.07, 6.45) is 1.74. The predicted molar refractivity (Wildman–Crippen MR) is 155 cm³/mol. The molecule has 0 aliphatic heterocycles. The lowest BCUT2D eigenvalue weighted by atomic mass is 10.2. The van der Waals surface area contributed by atoms with Crippen LogP contribution in [0.4, 0.5) is 0 Å². The normalized spacial score (nSPS) is 12.6. The molecular weight excluding hydrogens is 573 g/mol. The second kappa shape index (κ2) is 11.9. The average Bonchev–Trinajstić information content (AvgIpc) is 2.70.